The number of furan rings is 1. The normalized spacial score (nSPS) is 10.5. The average molecular weight is 300 g/mol. The fourth-order valence-electron chi connectivity index (χ4n) is 1.80. The van der Waals surface area contributed by atoms with Crippen LogP contribution in [0.25, 0.3) is 22.6 Å². The Balaban J connectivity index is 2.03. The Labute approximate surface area is 113 Å². The summed E-state index contributed by atoms with van der Waals surface area (Å²) in [4.78, 5) is 4.11. The van der Waals surface area contributed by atoms with Gasteiger partial charge in [-0.1, -0.05) is 30.3 Å². The highest BCUT2D eigenvalue weighted by Crippen LogP contribution is 2.31. The second kappa shape index (κ2) is 4.78. The monoisotopic (exact) mass is 299 g/mol. The van der Waals surface area contributed by atoms with Gasteiger partial charge >= 0.3 is 0 Å². The Bertz CT molecular complexity index is 661. The Morgan fingerprint density at radius 1 is 0.889 bits per heavy atom. The number of benzene rings is 1. The van der Waals surface area contributed by atoms with Crippen molar-refractivity contribution in [1.82, 2.24) is 4.98 Å². The molecule has 2 nitrogen and oxygen atoms in total. The first kappa shape index (κ1) is 11.2. The standard InChI is InChI=1S/C15H10BrNO/c16-13-8-9-17-10-12(13)15-7-6-14(18-15)11-4-2-1-3-5-11/h1-10H. The van der Waals surface area contributed by atoms with Gasteiger partial charge in [-0.15, -0.1) is 0 Å². The largest absolute Gasteiger partial charge is 0.456 e. The molecule has 1 aromatic carbocycles. The van der Waals surface area contributed by atoms with Gasteiger partial charge in [0.05, 0.1) is 0 Å². The first-order chi connectivity index (χ1) is 8.84. The molecule has 0 bridgehead atoms. The fraction of sp³-hybridized carbons (Fsp3) is 0. The number of pyridine rings is 1. The Kier molecular flexibility index (Phi) is 2.99. The summed E-state index contributed by atoms with van der Waals surface area (Å²) in [6.07, 6.45) is 3.53. The van der Waals surface area contributed by atoms with Crippen LogP contribution in [-0.2, 0) is 0 Å². The van der Waals surface area contributed by atoms with E-state index in [1.807, 2.05) is 48.5 Å². The van der Waals surface area contributed by atoms with Crippen molar-refractivity contribution in [2.45, 2.75) is 0 Å². The van der Waals surface area contributed by atoms with Crippen molar-refractivity contribution in [1.29, 1.82) is 0 Å². The number of halogens is 1. The molecule has 2 aromatic heterocycles. The van der Waals surface area contributed by atoms with Gasteiger partial charge in [0, 0.05) is 28.0 Å². The van der Waals surface area contributed by atoms with Crippen LogP contribution in [-0.4, -0.2) is 4.98 Å². The molecule has 3 heteroatoms. The van der Waals surface area contributed by atoms with Crippen LogP contribution in [0.15, 0.2) is 69.8 Å². The smallest absolute Gasteiger partial charge is 0.137 e. The minimum absolute atomic E-state index is 0.814. The van der Waals surface area contributed by atoms with Crippen molar-refractivity contribution in [3.8, 4) is 22.6 Å². The molecule has 0 fully saturated rings. The van der Waals surface area contributed by atoms with Gasteiger partial charge in [-0.3, -0.25) is 4.98 Å². The number of nitrogens with zero attached hydrogens (tertiary/aromatic N) is 1. The van der Waals surface area contributed by atoms with E-state index >= 15 is 0 Å². The summed E-state index contributed by atoms with van der Waals surface area (Å²) >= 11 is 3.50. The summed E-state index contributed by atoms with van der Waals surface area (Å²) in [5.41, 5.74) is 2.03. The first-order valence-electron chi connectivity index (χ1n) is 5.60. The molecule has 0 saturated heterocycles. The van der Waals surface area contributed by atoms with Crippen LogP contribution < -0.4 is 0 Å². The summed E-state index contributed by atoms with van der Waals surface area (Å²) in [5.74, 6) is 1.68. The fourth-order valence-corrected chi connectivity index (χ4v) is 2.21. The van der Waals surface area contributed by atoms with E-state index in [0.717, 1.165) is 27.1 Å². The molecule has 0 saturated carbocycles. The lowest BCUT2D eigenvalue weighted by Gasteiger charge is -1.99. The molecular weight excluding hydrogens is 290 g/mol. The van der Waals surface area contributed by atoms with Crippen molar-refractivity contribution in [3.63, 3.8) is 0 Å². The predicted octanol–water partition coefficient (Wildman–Crippen LogP) is 4.77. The highest BCUT2D eigenvalue weighted by Gasteiger charge is 2.09. The minimum atomic E-state index is 0.814. The molecule has 0 radical (unpaired) electrons. The summed E-state index contributed by atoms with van der Waals surface area (Å²) in [6, 6.07) is 15.9. The molecule has 0 aliphatic heterocycles. The molecule has 0 N–H and O–H groups in total. The number of hydrogen-bond acceptors (Lipinski definition) is 2. The highest BCUT2D eigenvalue weighted by atomic mass is 79.9. The van der Waals surface area contributed by atoms with Crippen LogP contribution in [0, 0.1) is 0 Å². The van der Waals surface area contributed by atoms with Crippen LogP contribution >= 0.6 is 15.9 Å². The predicted molar refractivity (Wildman–Crippen MR) is 75.1 cm³/mol. The van der Waals surface area contributed by atoms with E-state index in [1.54, 1.807) is 12.4 Å². The van der Waals surface area contributed by atoms with Gasteiger partial charge in [-0.05, 0) is 34.1 Å². The summed E-state index contributed by atoms with van der Waals surface area (Å²) in [7, 11) is 0. The third-order valence-electron chi connectivity index (χ3n) is 2.70. The van der Waals surface area contributed by atoms with Crippen LogP contribution in [0.2, 0.25) is 0 Å². The molecule has 2 heterocycles. The van der Waals surface area contributed by atoms with Crippen molar-refractivity contribution in [2.75, 3.05) is 0 Å². The van der Waals surface area contributed by atoms with Crippen LogP contribution in [0.5, 0.6) is 0 Å². The van der Waals surface area contributed by atoms with Crippen molar-refractivity contribution >= 4 is 15.9 Å². The number of aromatic nitrogens is 1. The van der Waals surface area contributed by atoms with Gasteiger partial charge in [-0.25, -0.2) is 0 Å². The lowest BCUT2D eigenvalue weighted by Crippen LogP contribution is -1.78. The van der Waals surface area contributed by atoms with E-state index in [4.69, 9.17) is 4.42 Å². The third kappa shape index (κ3) is 2.09. The lowest BCUT2D eigenvalue weighted by molar-refractivity contribution is 0.597. The zero-order valence-electron chi connectivity index (χ0n) is 9.51. The molecule has 3 aromatic rings. The Hall–Kier alpha value is -1.87. The maximum Gasteiger partial charge on any atom is 0.137 e. The second-order valence-corrected chi connectivity index (χ2v) is 4.74. The van der Waals surface area contributed by atoms with E-state index in [0.29, 0.717) is 0 Å². The first-order valence-corrected chi connectivity index (χ1v) is 6.39. The molecule has 0 aliphatic carbocycles. The molecule has 0 amide bonds. The van der Waals surface area contributed by atoms with E-state index in [1.165, 1.54) is 0 Å². The molecule has 0 spiro atoms. The molecule has 88 valence electrons. The molecule has 0 atom stereocenters. The summed E-state index contributed by atoms with van der Waals surface area (Å²) in [6.45, 7) is 0. The number of rotatable bonds is 2. The average Bonchev–Trinajstić information content (AvgIpc) is 2.90. The molecule has 0 aliphatic rings. The van der Waals surface area contributed by atoms with E-state index in [2.05, 4.69) is 20.9 Å². The van der Waals surface area contributed by atoms with Crippen molar-refractivity contribution in [2.24, 2.45) is 0 Å². The van der Waals surface area contributed by atoms with Gasteiger partial charge < -0.3 is 4.42 Å². The topological polar surface area (TPSA) is 26.0 Å². The number of hydrogen-bond donors (Lipinski definition) is 0. The maximum absolute atomic E-state index is 5.87. The Morgan fingerprint density at radius 2 is 1.67 bits per heavy atom. The summed E-state index contributed by atoms with van der Waals surface area (Å²) in [5, 5.41) is 0. The van der Waals surface area contributed by atoms with Crippen molar-refractivity contribution in [3.05, 3.63) is 65.4 Å². The highest BCUT2D eigenvalue weighted by molar-refractivity contribution is 9.10. The van der Waals surface area contributed by atoms with E-state index in [-0.39, 0.29) is 0 Å². The van der Waals surface area contributed by atoms with Gasteiger partial charge in [-0.2, -0.15) is 0 Å². The zero-order valence-corrected chi connectivity index (χ0v) is 11.1. The van der Waals surface area contributed by atoms with Gasteiger partial charge in [0.15, 0.2) is 0 Å². The Morgan fingerprint density at radius 3 is 2.44 bits per heavy atom. The quantitative estimate of drug-likeness (QED) is 0.681. The van der Waals surface area contributed by atoms with Gasteiger partial charge in [0.25, 0.3) is 0 Å². The van der Waals surface area contributed by atoms with Crippen LogP contribution in [0.3, 0.4) is 0 Å². The minimum Gasteiger partial charge on any atom is -0.456 e. The van der Waals surface area contributed by atoms with Gasteiger partial charge in [0.2, 0.25) is 0 Å². The van der Waals surface area contributed by atoms with E-state index in [9.17, 15) is 0 Å². The molecule has 18 heavy (non-hydrogen) atoms. The summed E-state index contributed by atoms with van der Waals surface area (Å²) < 4.78 is 6.84. The van der Waals surface area contributed by atoms with Gasteiger partial charge in [0.1, 0.15) is 11.5 Å². The van der Waals surface area contributed by atoms with Crippen molar-refractivity contribution < 1.29 is 4.42 Å². The second-order valence-electron chi connectivity index (χ2n) is 3.89. The third-order valence-corrected chi connectivity index (χ3v) is 3.39. The molecule has 3 rings (SSSR count). The molecule has 0 unspecified atom stereocenters. The van der Waals surface area contributed by atoms with Crippen LogP contribution in [0.4, 0.5) is 0 Å². The maximum atomic E-state index is 5.87. The zero-order chi connectivity index (χ0) is 12.4. The van der Waals surface area contributed by atoms with E-state index < -0.39 is 0 Å². The molecular formula is C15H10BrNO. The van der Waals surface area contributed by atoms with Crippen LogP contribution in [0.1, 0.15) is 0 Å². The lowest BCUT2D eigenvalue weighted by atomic mass is 10.2. The SMILES string of the molecule is Brc1ccncc1-c1ccc(-c2ccccc2)o1.